The van der Waals surface area contributed by atoms with Gasteiger partial charge in [-0.05, 0) is 35.0 Å². The molecule has 0 aliphatic rings. The smallest absolute Gasteiger partial charge is 0.339 e. The first-order valence-corrected chi connectivity index (χ1v) is 6.57. The summed E-state index contributed by atoms with van der Waals surface area (Å²) in [5.41, 5.74) is 1.49. The molecule has 0 spiro atoms. The molecule has 20 heavy (non-hydrogen) atoms. The van der Waals surface area contributed by atoms with Crippen LogP contribution in [0.3, 0.4) is 0 Å². The van der Waals surface area contributed by atoms with Crippen LogP contribution in [-0.4, -0.2) is 27.6 Å². The van der Waals surface area contributed by atoms with Crippen molar-refractivity contribution in [2.24, 2.45) is 0 Å². The van der Waals surface area contributed by atoms with Gasteiger partial charge in [-0.1, -0.05) is 0 Å². The average molecular weight is 338 g/mol. The van der Waals surface area contributed by atoms with Gasteiger partial charge in [0.1, 0.15) is 4.47 Å². The van der Waals surface area contributed by atoms with E-state index in [1.54, 1.807) is 19.1 Å². The van der Waals surface area contributed by atoms with Gasteiger partial charge in [0.15, 0.2) is 0 Å². The SMILES string of the molecule is COC(=O)c1ccc(Cn2cnc(C)c(Br)c2=O)nc1. The number of nitrogens with zero attached hydrogens (tertiary/aromatic N) is 3. The van der Waals surface area contributed by atoms with Gasteiger partial charge in [0, 0.05) is 6.20 Å². The number of rotatable bonds is 3. The van der Waals surface area contributed by atoms with Gasteiger partial charge in [0.25, 0.3) is 5.56 Å². The molecular formula is C13H12BrN3O3. The van der Waals surface area contributed by atoms with Crippen LogP contribution in [0.25, 0.3) is 0 Å². The van der Waals surface area contributed by atoms with Crippen LogP contribution in [0, 0.1) is 6.92 Å². The quantitative estimate of drug-likeness (QED) is 0.794. The lowest BCUT2D eigenvalue weighted by atomic mass is 10.2. The molecule has 0 unspecified atom stereocenters. The lowest BCUT2D eigenvalue weighted by Gasteiger charge is -2.07. The summed E-state index contributed by atoms with van der Waals surface area (Å²) in [6.45, 7) is 2.03. The van der Waals surface area contributed by atoms with Gasteiger partial charge in [-0.2, -0.15) is 0 Å². The number of carbonyl (C=O) groups is 1. The molecule has 2 heterocycles. The molecule has 0 saturated carbocycles. The van der Waals surface area contributed by atoms with E-state index in [9.17, 15) is 9.59 Å². The third-order valence-corrected chi connectivity index (χ3v) is 3.65. The van der Waals surface area contributed by atoms with Crippen molar-refractivity contribution in [3.8, 4) is 0 Å². The zero-order valence-electron chi connectivity index (χ0n) is 11.0. The maximum Gasteiger partial charge on any atom is 0.339 e. The molecule has 104 valence electrons. The Balaban J connectivity index is 2.25. The number of aryl methyl sites for hydroxylation is 1. The Bertz CT molecular complexity index is 695. The van der Waals surface area contributed by atoms with E-state index in [0.717, 1.165) is 0 Å². The van der Waals surface area contributed by atoms with Crippen molar-refractivity contribution >= 4 is 21.9 Å². The molecule has 0 saturated heterocycles. The van der Waals surface area contributed by atoms with Gasteiger partial charge in [0.2, 0.25) is 0 Å². The maximum absolute atomic E-state index is 12.0. The van der Waals surface area contributed by atoms with E-state index in [1.165, 1.54) is 24.2 Å². The Morgan fingerprint density at radius 3 is 2.75 bits per heavy atom. The molecule has 2 aromatic heterocycles. The minimum absolute atomic E-state index is 0.170. The number of carbonyl (C=O) groups excluding carboxylic acids is 1. The first-order chi connectivity index (χ1) is 9.52. The highest BCUT2D eigenvalue weighted by molar-refractivity contribution is 9.10. The first-order valence-electron chi connectivity index (χ1n) is 5.77. The number of ether oxygens (including phenoxy) is 1. The number of hydrogen-bond donors (Lipinski definition) is 0. The largest absolute Gasteiger partial charge is 0.465 e. The fraction of sp³-hybridized carbons (Fsp3) is 0.231. The fourth-order valence-corrected chi connectivity index (χ4v) is 1.92. The summed E-state index contributed by atoms with van der Waals surface area (Å²) < 4.78 is 6.47. The van der Waals surface area contributed by atoms with Crippen LogP contribution in [0.15, 0.2) is 33.9 Å². The topological polar surface area (TPSA) is 74.1 Å². The molecule has 0 aliphatic carbocycles. The lowest BCUT2D eigenvalue weighted by Crippen LogP contribution is -2.23. The summed E-state index contributed by atoms with van der Waals surface area (Å²) in [6, 6.07) is 3.28. The van der Waals surface area contributed by atoms with Crippen LogP contribution >= 0.6 is 15.9 Å². The molecule has 0 radical (unpaired) electrons. The summed E-state index contributed by atoms with van der Waals surface area (Å²) in [7, 11) is 1.31. The molecule has 0 fully saturated rings. The minimum Gasteiger partial charge on any atom is -0.465 e. The predicted molar refractivity (Wildman–Crippen MR) is 75.6 cm³/mol. The maximum atomic E-state index is 12.0. The van der Waals surface area contributed by atoms with Crippen molar-refractivity contribution in [2.75, 3.05) is 7.11 Å². The van der Waals surface area contributed by atoms with Crippen molar-refractivity contribution in [1.82, 2.24) is 14.5 Å². The summed E-state index contributed by atoms with van der Waals surface area (Å²) in [5.74, 6) is -0.444. The normalized spacial score (nSPS) is 10.3. The third kappa shape index (κ3) is 2.93. The Morgan fingerprint density at radius 1 is 1.40 bits per heavy atom. The van der Waals surface area contributed by atoms with Gasteiger partial charge in [0.05, 0.1) is 36.9 Å². The Kier molecular flexibility index (Phi) is 4.29. The zero-order valence-corrected chi connectivity index (χ0v) is 12.5. The van der Waals surface area contributed by atoms with Gasteiger partial charge in [-0.15, -0.1) is 0 Å². The van der Waals surface area contributed by atoms with Gasteiger partial charge >= 0.3 is 5.97 Å². The summed E-state index contributed by atoms with van der Waals surface area (Å²) in [5, 5.41) is 0. The minimum atomic E-state index is -0.444. The number of hydrogen-bond acceptors (Lipinski definition) is 5. The fourth-order valence-electron chi connectivity index (χ4n) is 1.59. The summed E-state index contributed by atoms with van der Waals surface area (Å²) in [6.07, 6.45) is 2.89. The molecule has 0 atom stereocenters. The van der Waals surface area contributed by atoms with E-state index >= 15 is 0 Å². The van der Waals surface area contributed by atoms with E-state index in [1.807, 2.05) is 0 Å². The highest BCUT2D eigenvalue weighted by Crippen LogP contribution is 2.07. The zero-order chi connectivity index (χ0) is 14.7. The molecule has 0 bridgehead atoms. The van der Waals surface area contributed by atoms with E-state index in [-0.39, 0.29) is 12.1 Å². The second-order valence-corrected chi connectivity index (χ2v) is 4.90. The molecule has 2 aromatic rings. The van der Waals surface area contributed by atoms with Crippen molar-refractivity contribution in [3.63, 3.8) is 0 Å². The molecule has 2 rings (SSSR count). The van der Waals surface area contributed by atoms with E-state index < -0.39 is 5.97 Å². The van der Waals surface area contributed by atoms with Crippen molar-refractivity contribution in [1.29, 1.82) is 0 Å². The molecule has 0 aromatic carbocycles. The van der Waals surface area contributed by atoms with Gasteiger partial charge in [-0.25, -0.2) is 9.78 Å². The predicted octanol–water partition coefficient (Wildman–Crippen LogP) is 1.54. The second-order valence-electron chi connectivity index (χ2n) is 4.11. The van der Waals surface area contributed by atoms with Crippen molar-refractivity contribution in [3.05, 3.63) is 56.4 Å². The van der Waals surface area contributed by atoms with Crippen LogP contribution < -0.4 is 5.56 Å². The van der Waals surface area contributed by atoms with Crippen LogP contribution in [-0.2, 0) is 11.3 Å². The molecule has 0 aliphatic heterocycles. The lowest BCUT2D eigenvalue weighted by molar-refractivity contribution is 0.0600. The second kappa shape index (κ2) is 5.96. The van der Waals surface area contributed by atoms with Crippen molar-refractivity contribution in [2.45, 2.75) is 13.5 Å². The average Bonchev–Trinajstić information content (AvgIpc) is 2.48. The highest BCUT2D eigenvalue weighted by Gasteiger charge is 2.08. The summed E-state index contributed by atoms with van der Waals surface area (Å²) in [4.78, 5) is 31.5. The van der Waals surface area contributed by atoms with Crippen LogP contribution in [0.4, 0.5) is 0 Å². The highest BCUT2D eigenvalue weighted by atomic mass is 79.9. The first kappa shape index (κ1) is 14.4. The van der Waals surface area contributed by atoms with Gasteiger partial charge < -0.3 is 4.74 Å². The van der Waals surface area contributed by atoms with Crippen molar-refractivity contribution < 1.29 is 9.53 Å². The Hall–Kier alpha value is -2.02. The molecule has 6 nitrogen and oxygen atoms in total. The van der Waals surface area contributed by atoms with E-state index in [2.05, 4.69) is 30.6 Å². The number of methoxy groups -OCH3 is 1. The molecule has 0 N–H and O–H groups in total. The van der Waals surface area contributed by atoms with Gasteiger partial charge in [-0.3, -0.25) is 14.3 Å². The van der Waals surface area contributed by atoms with Crippen LogP contribution in [0.5, 0.6) is 0 Å². The van der Waals surface area contributed by atoms with E-state index in [4.69, 9.17) is 0 Å². The number of aromatic nitrogens is 3. The standard InChI is InChI=1S/C13H12BrN3O3/c1-8-11(14)12(18)17(7-16-8)6-10-4-3-9(5-15-10)13(19)20-2/h3-5,7H,6H2,1-2H3. The van der Waals surface area contributed by atoms with E-state index in [0.29, 0.717) is 21.4 Å². The monoisotopic (exact) mass is 337 g/mol. The number of pyridine rings is 1. The Morgan fingerprint density at radius 2 is 2.15 bits per heavy atom. The molecule has 7 heteroatoms. The number of halogens is 1. The van der Waals surface area contributed by atoms with Crippen LogP contribution in [0.2, 0.25) is 0 Å². The molecule has 0 amide bonds. The number of esters is 1. The van der Waals surface area contributed by atoms with Crippen LogP contribution in [0.1, 0.15) is 21.7 Å². The summed E-state index contributed by atoms with van der Waals surface area (Å²) >= 11 is 3.21. The third-order valence-electron chi connectivity index (χ3n) is 2.74. The Labute approximate surface area is 123 Å². The molecular weight excluding hydrogens is 326 g/mol.